The van der Waals surface area contributed by atoms with E-state index < -0.39 is 25.8 Å². The van der Waals surface area contributed by atoms with E-state index in [4.69, 9.17) is 4.42 Å². The smallest absolute Gasteiger partial charge is 0.322 e. The highest BCUT2D eigenvalue weighted by molar-refractivity contribution is 7.90. The first-order valence-electron chi connectivity index (χ1n) is 10.6. The van der Waals surface area contributed by atoms with E-state index in [1.54, 1.807) is 36.4 Å². The summed E-state index contributed by atoms with van der Waals surface area (Å²) in [5.41, 5.74) is 1.49. The Balaban J connectivity index is 1.36. The van der Waals surface area contributed by atoms with Crippen LogP contribution < -0.4 is 5.32 Å². The lowest BCUT2D eigenvalue weighted by Crippen LogP contribution is -2.41. The number of sulfone groups is 1. The molecule has 0 spiro atoms. The van der Waals surface area contributed by atoms with Gasteiger partial charge in [0.25, 0.3) is 0 Å². The number of benzene rings is 2. The zero-order valence-electron chi connectivity index (χ0n) is 18.6. The van der Waals surface area contributed by atoms with Gasteiger partial charge in [0.1, 0.15) is 0 Å². The monoisotopic (exact) mass is 504 g/mol. The quantitative estimate of drug-likeness (QED) is 0.540. The van der Waals surface area contributed by atoms with E-state index in [2.05, 4.69) is 15.5 Å². The minimum absolute atomic E-state index is 0.0816. The molecule has 0 unspecified atom stereocenters. The maximum atomic E-state index is 12.8. The van der Waals surface area contributed by atoms with Crippen molar-refractivity contribution in [3.05, 3.63) is 54.1 Å². The van der Waals surface area contributed by atoms with Crippen LogP contribution in [0.2, 0.25) is 0 Å². The fraction of sp³-hybridized carbons (Fsp3) is 0.318. The Morgan fingerprint density at radius 1 is 0.941 bits per heavy atom. The van der Waals surface area contributed by atoms with Crippen molar-refractivity contribution in [3.63, 3.8) is 0 Å². The summed E-state index contributed by atoms with van der Waals surface area (Å²) in [5, 5.41) is 10.3. The Hall–Kier alpha value is -3.09. The number of carbonyl (C=O) groups is 1. The van der Waals surface area contributed by atoms with E-state index in [0.717, 1.165) is 11.8 Å². The molecule has 2 aromatic carbocycles. The third-order valence-electron chi connectivity index (χ3n) is 5.67. The van der Waals surface area contributed by atoms with Gasteiger partial charge >= 0.3 is 6.01 Å². The minimum atomic E-state index is -3.60. The predicted octanol–water partition coefficient (Wildman–Crippen LogP) is 2.49. The van der Waals surface area contributed by atoms with Gasteiger partial charge in [0.15, 0.2) is 9.84 Å². The molecule has 1 amide bonds. The van der Waals surface area contributed by atoms with Crippen molar-refractivity contribution in [1.29, 1.82) is 0 Å². The number of nitrogens with one attached hydrogen (secondary N) is 1. The highest BCUT2D eigenvalue weighted by Gasteiger charge is 2.32. The van der Waals surface area contributed by atoms with Gasteiger partial charge in [-0.05, 0) is 56.2 Å². The highest BCUT2D eigenvalue weighted by Crippen LogP contribution is 2.26. The molecule has 10 nitrogen and oxygen atoms in total. The molecule has 0 atom stereocenters. The molecule has 180 valence electrons. The number of carbonyl (C=O) groups excluding carboxylic acids is 1. The van der Waals surface area contributed by atoms with Crippen LogP contribution in [0.3, 0.4) is 0 Å². The van der Waals surface area contributed by atoms with Crippen molar-refractivity contribution < 1.29 is 26.0 Å². The van der Waals surface area contributed by atoms with Gasteiger partial charge in [-0.15, -0.1) is 5.10 Å². The fourth-order valence-electron chi connectivity index (χ4n) is 3.66. The van der Waals surface area contributed by atoms with Crippen molar-refractivity contribution in [2.24, 2.45) is 5.92 Å². The van der Waals surface area contributed by atoms with Crippen molar-refractivity contribution in [2.45, 2.75) is 29.6 Å². The number of hydrogen-bond donors (Lipinski definition) is 1. The van der Waals surface area contributed by atoms with Crippen LogP contribution in [-0.4, -0.2) is 56.6 Å². The van der Waals surface area contributed by atoms with E-state index in [0.29, 0.717) is 18.4 Å². The fourth-order valence-corrected chi connectivity index (χ4v) is 5.76. The standard InChI is InChI=1S/C22H24N4O6S2/c1-15-3-7-19(8-4-15)34(30,31)26-13-11-16(12-14-26)20(27)23-22-25-24-21(32-22)17-5-9-18(10-6-17)33(2,28)29/h3-10,16H,11-14H2,1-2H3,(H,23,25,27). The minimum Gasteiger partial charge on any atom is -0.403 e. The lowest BCUT2D eigenvalue weighted by Gasteiger charge is -2.30. The van der Waals surface area contributed by atoms with Crippen LogP contribution in [-0.2, 0) is 24.7 Å². The second-order valence-corrected chi connectivity index (χ2v) is 12.1. The molecule has 1 aliphatic rings. The molecule has 1 N–H and O–H groups in total. The van der Waals surface area contributed by atoms with Crippen LogP contribution >= 0.6 is 0 Å². The van der Waals surface area contributed by atoms with Gasteiger partial charge in [-0.25, -0.2) is 16.8 Å². The number of sulfonamides is 1. The molecule has 1 aromatic heterocycles. The summed E-state index contributed by atoms with van der Waals surface area (Å²) in [6.45, 7) is 2.35. The SMILES string of the molecule is Cc1ccc(S(=O)(=O)N2CCC(C(=O)Nc3nnc(-c4ccc(S(C)(=O)=O)cc4)o3)CC2)cc1. The summed E-state index contributed by atoms with van der Waals surface area (Å²) in [5.74, 6) is -0.585. The first-order valence-corrected chi connectivity index (χ1v) is 13.9. The van der Waals surface area contributed by atoms with Crippen LogP contribution in [0.4, 0.5) is 6.01 Å². The zero-order chi connectivity index (χ0) is 24.5. The first-order chi connectivity index (χ1) is 16.0. The van der Waals surface area contributed by atoms with Crippen molar-refractivity contribution in [1.82, 2.24) is 14.5 Å². The maximum absolute atomic E-state index is 12.8. The Labute approximate surface area is 198 Å². The Morgan fingerprint density at radius 2 is 1.53 bits per heavy atom. The second-order valence-electron chi connectivity index (χ2n) is 8.19. The Morgan fingerprint density at radius 3 is 2.12 bits per heavy atom. The molecule has 4 rings (SSSR count). The van der Waals surface area contributed by atoms with Gasteiger partial charge in [0.2, 0.25) is 21.8 Å². The molecule has 0 radical (unpaired) electrons. The summed E-state index contributed by atoms with van der Waals surface area (Å²) in [4.78, 5) is 13.1. The lowest BCUT2D eigenvalue weighted by molar-refractivity contribution is -0.121. The Bertz CT molecular complexity index is 1390. The summed E-state index contributed by atoms with van der Waals surface area (Å²) < 4.78 is 55.7. The van der Waals surface area contributed by atoms with Gasteiger partial charge < -0.3 is 4.42 Å². The predicted molar refractivity (Wildman–Crippen MR) is 124 cm³/mol. The van der Waals surface area contributed by atoms with Gasteiger partial charge in [-0.1, -0.05) is 22.8 Å². The normalized spacial score (nSPS) is 15.8. The summed E-state index contributed by atoms with van der Waals surface area (Å²) in [6, 6.07) is 12.6. The first kappa shape index (κ1) is 24.0. The average molecular weight is 505 g/mol. The number of aromatic nitrogens is 2. The van der Waals surface area contributed by atoms with Crippen LogP contribution in [0.15, 0.2) is 62.7 Å². The maximum Gasteiger partial charge on any atom is 0.322 e. The van der Waals surface area contributed by atoms with Crippen LogP contribution in [0, 0.1) is 12.8 Å². The average Bonchev–Trinajstić information content (AvgIpc) is 3.27. The molecular formula is C22H24N4O6S2. The molecule has 1 aliphatic heterocycles. The third kappa shape index (κ3) is 5.18. The van der Waals surface area contributed by atoms with Crippen molar-refractivity contribution >= 4 is 31.8 Å². The van der Waals surface area contributed by atoms with E-state index in [-0.39, 0.29) is 40.7 Å². The Kier molecular flexibility index (Phi) is 6.56. The van der Waals surface area contributed by atoms with E-state index in [9.17, 15) is 21.6 Å². The molecule has 2 heterocycles. The molecule has 1 saturated heterocycles. The highest BCUT2D eigenvalue weighted by atomic mass is 32.2. The van der Waals surface area contributed by atoms with Gasteiger partial charge in [-0.2, -0.15) is 4.31 Å². The van der Waals surface area contributed by atoms with Crippen LogP contribution in [0.1, 0.15) is 18.4 Å². The summed E-state index contributed by atoms with van der Waals surface area (Å²) in [7, 11) is -6.92. The number of hydrogen-bond acceptors (Lipinski definition) is 8. The third-order valence-corrected chi connectivity index (χ3v) is 8.71. The van der Waals surface area contributed by atoms with Gasteiger partial charge in [-0.3, -0.25) is 10.1 Å². The number of anilines is 1. The molecule has 3 aromatic rings. The number of aryl methyl sites for hydroxylation is 1. The molecule has 34 heavy (non-hydrogen) atoms. The molecule has 0 saturated carbocycles. The zero-order valence-corrected chi connectivity index (χ0v) is 20.3. The molecule has 0 bridgehead atoms. The molecular weight excluding hydrogens is 480 g/mol. The molecule has 12 heteroatoms. The number of piperidine rings is 1. The van der Waals surface area contributed by atoms with Crippen molar-refractivity contribution in [3.8, 4) is 11.5 Å². The lowest BCUT2D eigenvalue weighted by atomic mass is 9.97. The number of amides is 1. The van der Waals surface area contributed by atoms with E-state index >= 15 is 0 Å². The van der Waals surface area contributed by atoms with Gasteiger partial charge in [0, 0.05) is 30.8 Å². The summed E-state index contributed by atoms with van der Waals surface area (Å²) in [6.07, 6.45) is 1.85. The number of rotatable bonds is 6. The van der Waals surface area contributed by atoms with Crippen molar-refractivity contribution in [2.75, 3.05) is 24.7 Å². The van der Waals surface area contributed by atoms with E-state index in [1.165, 1.54) is 16.4 Å². The van der Waals surface area contributed by atoms with Crippen LogP contribution in [0.5, 0.6) is 0 Å². The van der Waals surface area contributed by atoms with E-state index in [1.807, 2.05) is 6.92 Å². The summed E-state index contributed by atoms with van der Waals surface area (Å²) >= 11 is 0. The molecule has 0 aliphatic carbocycles. The second kappa shape index (κ2) is 9.28. The van der Waals surface area contributed by atoms with Gasteiger partial charge in [0.05, 0.1) is 9.79 Å². The largest absolute Gasteiger partial charge is 0.403 e. The molecule has 1 fully saturated rings. The van der Waals surface area contributed by atoms with Crippen LogP contribution in [0.25, 0.3) is 11.5 Å². The topological polar surface area (TPSA) is 140 Å². The number of nitrogens with zero attached hydrogens (tertiary/aromatic N) is 3.